The second-order valence-corrected chi connectivity index (χ2v) is 5.09. The van der Waals surface area contributed by atoms with Crippen LogP contribution in [0, 0.1) is 5.92 Å². The highest BCUT2D eigenvalue weighted by molar-refractivity contribution is 9.10. The van der Waals surface area contributed by atoms with E-state index in [0.29, 0.717) is 5.92 Å². The standard InChI is InChI=1S/C13H20BrNO2/c1-9(6-7-16-2)13(15)11-5-4-10(14)8-12(11)17-3/h4-5,8-9,13H,6-7,15H2,1-3H3. The first-order valence-corrected chi connectivity index (χ1v) is 6.47. The van der Waals surface area contributed by atoms with E-state index < -0.39 is 0 Å². The zero-order valence-electron chi connectivity index (χ0n) is 10.6. The van der Waals surface area contributed by atoms with Gasteiger partial charge in [0.25, 0.3) is 0 Å². The molecule has 0 aliphatic rings. The maximum atomic E-state index is 6.25. The highest BCUT2D eigenvalue weighted by Gasteiger charge is 2.18. The van der Waals surface area contributed by atoms with Gasteiger partial charge in [-0.05, 0) is 24.5 Å². The van der Waals surface area contributed by atoms with Crippen LogP contribution in [0.3, 0.4) is 0 Å². The van der Waals surface area contributed by atoms with Crippen molar-refractivity contribution in [2.45, 2.75) is 19.4 Å². The van der Waals surface area contributed by atoms with Gasteiger partial charge < -0.3 is 15.2 Å². The number of methoxy groups -OCH3 is 2. The van der Waals surface area contributed by atoms with Crippen LogP contribution in [0.4, 0.5) is 0 Å². The first kappa shape index (κ1) is 14.5. The van der Waals surface area contributed by atoms with Crippen molar-refractivity contribution >= 4 is 15.9 Å². The lowest BCUT2D eigenvalue weighted by Crippen LogP contribution is -2.21. The lowest BCUT2D eigenvalue weighted by molar-refractivity contribution is 0.174. The zero-order valence-corrected chi connectivity index (χ0v) is 12.2. The molecule has 1 aromatic rings. The Bertz CT molecular complexity index is 357. The van der Waals surface area contributed by atoms with Gasteiger partial charge in [0.15, 0.2) is 0 Å². The van der Waals surface area contributed by atoms with Crippen molar-refractivity contribution in [3.63, 3.8) is 0 Å². The fraction of sp³-hybridized carbons (Fsp3) is 0.538. The minimum atomic E-state index is -0.0341. The number of hydrogen-bond donors (Lipinski definition) is 1. The summed E-state index contributed by atoms with van der Waals surface area (Å²) in [5, 5.41) is 0. The van der Waals surface area contributed by atoms with Crippen molar-refractivity contribution in [1.82, 2.24) is 0 Å². The van der Waals surface area contributed by atoms with E-state index in [2.05, 4.69) is 22.9 Å². The van der Waals surface area contributed by atoms with Gasteiger partial charge in [-0.1, -0.05) is 28.9 Å². The van der Waals surface area contributed by atoms with Gasteiger partial charge in [0, 0.05) is 29.8 Å². The van der Waals surface area contributed by atoms with Crippen molar-refractivity contribution in [2.75, 3.05) is 20.8 Å². The van der Waals surface area contributed by atoms with Crippen molar-refractivity contribution in [2.24, 2.45) is 11.7 Å². The summed E-state index contributed by atoms with van der Waals surface area (Å²) in [4.78, 5) is 0. The molecule has 0 aliphatic carbocycles. The Kier molecular flexibility index (Phi) is 5.95. The molecule has 96 valence electrons. The molecular formula is C13H20BrNO2. The molecule has 2 N–H and O–H groups in total. The van der Waals surface area contributed by atoms with E-state index >= 15 is 0 Å². The average Bonchev–Trinajstić information content (AvgIpc) is 2.34. The number of halogens is 1. The van der Waals surface area contributed by atoms with E-state index in [1.165, 1.54) is 0 Å². The summed E-state index contributed by atoms with van der Waals surface area (Å²) in [5.41, 5.74) is 7.30. The van der Waals surface area contributed by atoms with Crippen molar-refractivity contribution in [3.05, 3.63) is 28.2 Å². The van der Waals surface area contributed by atoms with Crippen LogP contribution in [-0.4, -0.2) is 20.8 Å². The largest absolute Gasteiger partial charge is 0.496 e. The first-order chi connectivity index (χ1) is 8.10. The van der Waals surface area contributed by atoms with Crippen LogP contribution in [0.2, 0.25) is 0 Å². The minimum Gasteiger partial charge on any atom is -0.496 e. The molecule has 1 rings (SSSR count). The average molecular weight is 302 g/mol. The van der Waals surface area contributed by atoms with Gasteiger partial charge in [0.05, 0.1) is 7.11 Å². The van der Waals surface area contributed by atoms with Gasteiger partial charge >= 0.3 is 0 Å². The van der Waals surface area contributed by atoms with Gasteiger partial charge in [-0.15, -0.1) is 0 Å². The Labute approximate surface area is 111 Å². The van der Waals surface area contributed by atoms with Gasteiger partial charge in [-0.25, -0.2) is 0 Å². The van der Waals surface area contributed by atoms with Crippen LogP contribution >= 0.6 is 15.9 Å². The maximum absolute atomic E-state index is 6.25. The van der Waals surface area contributed by atoms with Crippen molar-refractivity contribution in [1.29, 1.82) is 0 Å². The summed E-state index contributed by atoms with van der Waals surface area (Å²) in [6.07, 6.45) is 0.941. The lowest BCUT2D eigenvalue weighted by Gasteiger charge is -2.22. The maximum Gasteiger partial charge on any atom is 0.124 e. The highest BCUT2D eigenvalue weighted by Crippen LogP contribution is 2.31. The molecule has 0 bridgehead atoms. The van der Waals surface area contributed by atoms with Crippen LogP contribution in [0.15, 0.2) is 22.7 Å². The van der Waals surface area contributed by atoms with E-state index in [4.69, 9.17) is 15.2 Å². The number of nitrogens with two attached hydrogens (primary N) is 1. The third-order valence-electron chi connectivity index (χ3n) is 2.95. The number of hydrogen-bond acceptors (Lipinski definition) is 3. The molecule has 17 heavy (non-hydrogen) atoms. The minimum absolute atomic E-state index is 0.0341. The van der Waals surface area contributed by atoms with Gasteiger partial charge in [0.1, 0.15) is 5.75 Å². The molecule has 3 nitrogen and oxygen atoms in total. The quantitative estimate of drug-likeness (QED) is 0.878. The Morgan fingerprint density at radius 2 is 2.06 bits per heavy atom. The fourth-order valence-corrected chi connectivity index (χ4v) is 2.09. The van der Waals surface area contributed by atoms with E-state index in [1.807, 2.05) is 18.2 Å². The molecule has 4 heteroatoms. The molecule has 1 aromatic carbocycles. The Morgan fingerprint density at radius 1 is 1.35 bits per heavy atom. The number of rotatable bonds is 6. The van der Waals surface area contributed by atoms with Crippen LogP contribution < -0.4 is 10.5 Å². The molecule has 0 amide bonds. The van der Waals surface area contributed by atoms with Gasteiger partial charge in [0.2, 0.25) is 0 Å². The SMILES string of the molecule is COCCC(C)C(N)c1ccc(Br)cc1OC. The van der Waals surface area contributed by atoms with E-state index in [0.717, 1.165) is 28.8 Å². The third kappa shape index (κ3) is 3.98. The summed E-state index contributed by atoms with van der Waals surface area (Å²) < 4.78 is 11.4. The summed E-state index contributed by atoms with van der Waals surface area (Å²) >= 11 is 3.42. The molecular weight excluding hydrogens is 282 g/mol. The second-order valence-electron chi connectivity index (χ2n) is 4.17. The fourth-order valence-electron chi connectivity index (χ4n) is 1.75. The monoisotopic (exact) mass is 301 g/mol. The molecule has 0 radical (unpaired) electrons. The van der Waals surface area contributed by atoms with Crippen LogP contribution in [0.25, 0.3) is 0 Å². The highest BCUT2D eigenvalue weighted by atomic mass is 79.9. The van der Waals surface area contributed by atoms with Crippen LogP contribution in [-0.2, 0) is 4.74 Å². The smallest absolute Gasteiger partial charge is 0.124 e. The second kappa shape index (κ2) is 6.99. The van der Waals surface area contributed by atoms with Gasteiger partial charge in [-0.3, -0.25) is 0 Å². The molecule has 2 unspecified atom stereocenters. The molecule has 0 heterocycles. The molecule has 2 atom stereocenters. The predicted molar refractivity (Wildman–Crippen MR) is 73.3 cm³/mol. The number of benzene rings is 1. The Morgan fingerprint density at radius 3 is 2.65 bits per heavy atom. The van der Waals surface area contributed by atoms with E-state index in [9.17, 15) is 0 Å². The topological polar surface area (TPSA) is 44.5 Å². The van der Waals surface area contributed by atoms with Crippen LogP contribution in [0.5, 0.6) is 5.75 Å². The summed E-state index contributed by atoms with van der Waals surface area (Å²) in [7, 11) is 3.37. The Balaban J connectivity index is 2.83. The molecule has 0 saturated heterocycles. The summed E-state index contributed by atoms with van der Waals surface area (Å²) in [6, 6.07) is 5.91. The molecule has 0 fully saturated rings. The number of ether oxygens (including phenoxy) is 2. The lowest BCUT2D eigenvalue weighted by atomic mass is 9.92. The van der Waals surface area contributed by atoms with Crippen molar-refractivity contribution in [3.8, 4) is 5.75 Å². The predicted octanol–water partition coefficient (Wildman–Crippen LogP) is 3.13. The molecule has 0 aliphatic heterocycles. The summed E-state index contributed by atoms with van der Waals surface area (Å²) in [5.74, 6) is 1.18. The zero-order chi connectivity index (χ0) is 12.8. The summed E-state index contributed by atoms with van der Waals surface area (Å²) in [6.45, 7) is 2.86. The molecule has 0 spiro atoms. The molecule has 0 saturated carbocycles. The first-order valence-electron chi connectivity index (χ1n) is 5.68. The van der Waals surface area contributed by atoms with Crippen molar-refractivity contribution < 1.29 is 9.47 Å². The van der Waals surface area contributed by atoms with E-state index in [1.54, 1.807) is 14.2 Å². The van der Waals surface area contributed by atoms with E-state index in [-0.39, 0.29) is 6.04 Å². The normalized spacial score (nSPS) is 14.4. The van der Waals surface area contributed by atoms with Crippen LogP contribution in [0.1, 0.15) is 24.9 Å². The third-order valence-corrected chi connectivity index (χ3v) is 3.44. The Hall–Kier alpha value is -0.580. The molecule has 0 aromatic heterocycles. The van der Waals surface area contributed by atoms with Gasteiger partial charge in [-0.2, -0.15) is 0 Å².